The maximum absolute atomic E-state index is 11.1. The zero-order chi connectivity index (χ0) is 13.6. The van der Waals surface area contributed by atoms with Gasteiger partial charge in [-0.2, -0.15) is 0 Å². The SMILES string of the molecule is CCCCCCCCCCC[C@H](C)CC(=O)OC. The summed E-state index contributed by atoms with van der Waals surface area (Å²) >= 11 is 0. The highest BCUT2D eigenvalue weighted by molar-refractivity contribution is 5.69. The molecule has 0 heterocycles. The fourth-order valence-electron chi connectivity index (χ4n) is 2.27. The van der Waals surface area contributed by atoms with E-state index in [0.717, 1.165) is 6.42 Å². The molecule has 0 unspecified atom stereocenters. The van der Waals surface area contributed by atoms with Crippen molar-refractivity contribution in [2.75, 3.05) is 7.11 Å². The van der Waals surface area contributed by atoms with Gasteiger partial charge in [0, 0.05) is 6.42 Å². The maximum Gasteiger partial charge on any atom is 0.305 e. The minimum atomic E-state index is -0.0709. The van der Waals surface area contributed by atoms with Crippen LogP contribution in [-0.2, 0) is 9.53 Å². The molecule has 2 nitrogen and oxygen atoms in total. The Morgan fingerprint density at radius 3 is 1.94 bits per heavy atom. The molecule has 0 aromatic carbocycles. The van der Waals surface area contributed by atoms with E-state index in [1.54, 1.807) is 0 Å². The van der Waals surface area contributed by atoms with E-state index in [-0.39, 0.29) is 5.97 Å². The van der Waals surface area contributed by atoms with Crippen molar-refractivity contribution in [3.8, 4) is 0 Å². The van der Waals surface area contributed by atoms with Crippen LogP contribution in [0.2, 0.25) is 0 Å². The van der Waals surface area contributed by atoms with E-state index in [1.807, 2.05) is 0 Å². The lowest BCUT2D eigenvalue weighted by atomic mass is 9.99. The van der Waals surface area contributed by atoms with Crippen LogP contribution < -0.4 is 0 Å². The lowest BCUT2D eigenvalue weighted by molar-refractivity contribution is -0.141. The summed E-state index contributed by atoms with van der Waals surface area (Å²) in [4.78, 5) is 11.1. The Bertz CT molecular complexity index is 190. The van der Waals surface area contributed by atoms with Crippen molar-refractivity contribution in [2.45, 2.75) is 84.5 Å². The number of hydrogen-bond acceptors (Lipinski definition) is 2. The molecule has 0 N–H and O–H groups in total. The van der Waals surface area contributed by atoms with E-state index in [9.17, 15) is 4.79 Å². The molecule has 0 rings (SSSR count). The van der Waals surface area contributed by atoms with Crippen LogP contribution in [-0.4, -0.2) is 13.1 Å². The minimum absolute atomic E-state index is 0.0709. The summed E-state index contributed by atoms with van der Waals surface area (Å²) in [5.41, 5.74) is 0. The topological polar surface area (TPSA) is 26.3 Å². The van der Waals surface area contributed by atoms with Gasteiger partial charge in [-0.25, -0.2) is 0 Å². The van der Waals surface area contributed by atoms with E-state index in [4.69, 9.17) is 0 Å². The second-order valence-electron chi connectivity index (χ2n) is 5.50. The summed E-state index contributed by atoms with van der Waals surface area (Å²) in [6.07, 6.45) is 14.0. The molecular weight excluding hydrogens is 224 g/mol. The van der Waals surface area contributed by atoms with Gasteiger partial charge < -0.3 is 4.74 Å². The van der Waals surface area contributed by atoms with Gasteiger partial charge in [-0.15, -0.1) is 0 Å². The Labute approximate surface area is 113 Å². The third-order valence-corrected chi connectivity index (χ3v) is 3.54. The fourth-order valence-corrected chi connectivity index (χ4v) is 2.27. The Morgan fingerprint density at radius 1 is 0.944 bits per heavy atom. The molecule has 0 amide bonds. The molecule has 0 aliphatic heterocycles. The van der Waals surface area contributed by atoms with Crippen LogP contribution in [0.1, 0.15) is 84.5 Å². The molecule has 0 aromatic heterocycles. The average molecular weight is 256 g/mol. The first-order valence-corrected chi connectivity index (χ1v) is 7.77. The van der Waals surface area contributed by atoms with Gasteiger partial charge in [-0.3, -0.25) is 4.79 Å². The third-order valence-electron chi connectivity index (χ3n) is 3.54. The number of esters is 1. The van der Waals surface area contributed by atoms with E-state index >= 15 is 0 Å². The van der Waals surface area contributed by atoms with Crippen LogP contribution in [0.15, 0.2) is 0 Å². The van der Waals surface area contributed by atoms with Gasteiger partial charge in [-0.05, 0) is 5.92 Å². The van der Waals surface area contributed by atoms with Gasteiger partial charge >= 0.3 is 5.97 Å². The highest BCUT2D eigenvalue weighted by Gasteiger charge is 2.08. The summed E-state index contributed by atoms with van der Waals surface area (Å²) in [7, 11) is 1.47. The third kappa shape index (κ3) is 11.9. The highest BCUT2D eigenvalue weighted by Crippen LogP contribution is 2.15. The van der Waals surface area contributed by atoms with E-state index < -0.39 is 0 Å². The summed E-state index contributed by atoms with van der Waals surface area (Å²) in [5.74, 6) is 0.403. The summed E-state index contributed by atoms with van der Waals surface area (Å²) in [6.45, 7) is 4.40. The standard InChI is InChI=1S/C16H32O2/c1-4-5-6-7-8-9-10-11-12-13-15(2)14-16(17)18-3/h15H,4-14H2,1-3H3/t15-/m0/s1. The zero-order valence-corrected chi connectivity index (χ0v) is 12.7. The zero-order valence-electron chi connectivity index (χ0n) is 12.7. The monoisotopic (exact) mass is 256 g/mol. The number of methoxy groups -OCH3 is 1. The smallest absolute Gasteiger partial charge is 0.305 e. The molecule has 0 aliphatic rings. The number of carbonyl (C=O) groups is 1. The molecule has 1 atom stereocenters. The van der Waals surface area contributed by atoms with E-state index in [1.165, 1.54) is 64.9 Å². The van der Waals surface area contributed by atoms with Crippen molar-refractivity contribution < 1.29 is 9.53 Å². The minimum Gasteiger partial charge on any atom is -0.469 e. The molecule has 0 bridgehead atoms. The molecule has 0 spiro atoms. The maximum atomic E-state index is 11.1. The molecular formula is C16H32O2. The first-order valence-electron chi connectivity index (χ1n) is 7.77. The van der Waals surface area contributed by atoms with Crippen LogP contribution in [0.25, 0.3) is 0 Å². The van der Waals surface area contributed by atoms with Crippen LogP contribution >= 0.6 is 0 Å². The second-order valence-corrected chi connectivity index (χ2v) is 5.50. The molecule has 108 valence electrons. The number of carbonyl (C=O) groups excluding carboxylic acids is 1. The quantitative estimate of drug-likeness (QED) is 0.358. The van der Waals surface area contributed by atoms with Gasteiger partial charge in [-0.1, -0.05) is 78.1 Å². The summed E-state index contributed by atoms with van der Waals surface area (Å²) in [5, 5.41) is 0. The number of ether oxygens (including phenoxy) is 1. The van der Waals surface area contributed by atoms with Gasteiger partial charge in [0.05, 0.1) is 7.11 Å². The second kappa shape index (κ2) is 12.9. The molecule has 0 aromatic rings. The largest absolute Gasteiger partial charge is 0.469 e. The van der Waals surface area contributed by atoms with Crippen molar-refractivity contribution in [1.82, 2.24) is 0 Å². The van der Waals surface area contributed by atoms with Gasteiger partial charge in [0.1, 0.15) is 0 Å². The Morgan fingerprint density at radius 2 is 1.44 bits per heavy atom. The summed E-state index contributed by atoms with van der Waals surface area (Å²) in [6, 6.07) is 0. The predicted molar refractivity (Wildman–Crippen MR) is 77.6 cm³/mol. The van der Waals surface area contributed by atoms with Crippen LogP contribution in [0.5, 0.6) is 0 Å². The van der Waals surface area contributed by atoms with Crippen LogP contribution in [0, 0.1) is 5.92 Å². The Balaban J connectivity index is 3.17. The average Bonchev–Trinajstić information content (AvgIpc) is 2.36. The van der Waals surface area contributed by atoms with Gasteiger partial charge in [0.15, 0.2) is 0 Å². The Hall–Kier alpha value is -0.530. The molecule has 0 radical (unpaired) electrons. The van der Waals surface area contributed by atoms with Crippen LogP contribution in [0.3, 0.4) is 0 Å². The Kier molecular flexibility index (Phi) is 12.5. The fraction of sp³-hybridized carbons (Fsp3) is 0.938. The molecule has 2 heteroatoms. The van der Waals surface area contributed by atoms with Crippen molar-refractivity contribution in [3.63, 3.8) is 0 Å². The lowest BCUT2D eigenvalue weighted by Crippen LogP contribution is -2.06. The van der Waals surface area contributed by atoms with Crippen molar-refractivity contribution >= 4 is 5.97 Å². The normalized spacial score (nSPS) is 12.4. The van der Waals surface area contributed by atoms with Gasteiger partial charge in [0.25, 0.3) is 0 Å². The molecule has 0 saturated heterocycles. The molecule has 18 heavy (non-hydrogen) atoms. The first-order chi connectivity index (χ1) is 8.70. The lowest BCUT2D eigenvalue weighted by Gasteiger charge is -2.09. The van der Waals surface area contributed by atoms with Crippen LogP contribution in [0.4, 0.5) is 0 Å². The number of unbranched alkanes of at least 4 members (excludes halogenated alkanes) is 8. The predicted octanol–water partition coefficient (Wildman–Crippen LogP) is 5.11. The molecule has 0 aliphatic carbocycles. The number of rotatable bonds is 12. The molecule has 0 saturated carbocycles. The van der Waals surface area contributed by atoms with Crippen molar-refractivity contribution in [2.24, 2.45) is 5.92 Å². The first kappa shape index (κ1) is 17.5. The van der Waals surface area contributed by atoms with E-state index in [0.29, 0.717) is 12.3 Å². The molecule has 0 fully saturated rings. The van der Waals surface area contributed by atoms with Crippen molar-refractivity contribution in [1.29, 1.82) is 0 Å². The van der Waals surface area contributed by atoms with E-state index in [2.05, 4.69) is 18.6 Å². The van der Waals surface area contributed by atoms with Gasteiger partial charge in [0.2, 0.25) is 0 Å². The number of hydrogen-bond donors (Lipinski definition) is 0. The summed E-state index contributed by atoms with van der Waals surface area (Å²) < 4.78 is 4.67. The van der Waals surface area contributed by atoms with Crippen molar-refractivity contribution in [3.05, 3.63) is 0 Å². The highest BCUT2D eigenvalue weighted by atomic mass is 16.5.